The SMILES string of the molecule is CCCn1ccc2cc(NC(=O)C3CC(=O)N(c4ccccc4OC)C3)ccc21. The van der Waals surface area contributed by atoms with Gasteiger partial charge in [-0.1, -0.05) is 19.1 Å². The van der Waals surface area contributed by atoms with Gasteiger partial charge in [0.1, 0.15) is 5.75 Å². The molecule has 2 aromatic carbocycles. The lowest BCUT2D eigenvalue weighted by Crippen LogP contribution is -2.28. The van der Waals surface area contributed by atoms with E-state index >= 15 is 0 Å². The van der Waals surface area contributed by atoms with Crippen molar-refractivity contribution in [2.75, 3.05) is 23.9 Å². The number of nitrogens with one attached hydrogen (secondary N) is 1. The van der Waals surface area contributed by atoms with E-state index < -0.39 is 5.92 Å². The van der Waals surface area contributed by atoms with Crippen LogP contribution in [0.25, 0.3) is 10.9 Å². The van der Waals surface area contributed by atoms with Crippen LogP contribution in [0.15, 0.2) is 54.7 Å². The van der Waals surface area contributed by atoms with Gasteiger partial charge >= 0.3 is 0 Å². The third-order valence-electron chi connectivity index (χ3n) is 5.37. The lowest BCUT2D eigenvalue weighted by atomic mass is 10.1. The van der Waals surface area contributed by atoms with Crippen LogP contribution in [-0.2, 0) is 16.1 Å². The van der Waals surface area contributed by atoms with Gasteiger partial charge in [0.2, 0.25) is 11.8 Å². The van der Waals surface area contributed by atoms with Gasteiger partial charge in [0.25, 0.3) is 0 Å². The van der Waals surface area contributed by atoms with Gasteiger partial charge in [-0.05, 0) is 42.8 Å². The third kappa shape index (κ3) is 3.70. The first-order valence-electron chi connectivity index (χ1n) is 9.94. The first-order chi connectivity index (χ1) is 14.1. The first kappa shape index (κ1) is 19.1. The van der Waals surface area contributed by atoms with Crippen LogP contribution in [0.4, 0.5) is 11.4 Å². The molecule has 0 spiro atoms. The van der Waals surface area contributed by atoms with Crippen molar-refractivity contribution < 1.29 is 14.3 Å². The number of fused-ring (bicyclic) bond motifs is 1. The van der Waals surface area contributed by atoms with Crippen LogP contribution in [0.3, 0.4) is 0 Å². The van der Waals surface area contributed by atoms with E-state index in [1.165, 1.54) is 0 Å². The largest absolute Gasteiger partial charge is 0.495 e. The number of aryl methyl sites for hydroxylation is 1. The topological polar surface area (TPSA) is 63.6 Å². The Balaban J connectivity index is 1.48. The predicted octanol–water partition coefficient (Wildman–Crippen LogP) is 4.05. The molecule has 29 heavy (non-hydrogen) atoms. The van der Waals surface area contributed by atoms with Gasteiger partial charge in [-0.3, -0.25) is 9.59 Å². The van der Waals surface area contributed by atoms with Crippen LogP contribution in [0, 0.1) is 5.92 Å². The quantitative estimate of drug-likeness (QED) is 0.689. The normalized spacial score (nSPS) is 16.4. The number of benzene rings is 2. The van der Waals surface area contributed by atoms with Crippen LogP contribution >= 0.6 is 0 Å². The molecule has 6 nitrogen and oxygen atoms in total. The van der Waals surface area contributed by atoms with Crippen LogP contribution in [0.5, 0.6) is 5.75 Å². The number of anilines is 2. The van der Waals surface area contributed by atoms with Crippen LogP contribution < -0.4 is 15.0 Å². The average molecular weight is 391 g/mol. The number of hydrogen-bond acceptors (Lipinski definition) is 3. The molecule has 1 saturated heterocycles. The summed E-state index contributed by atoms with van der Waals surface area (Å²) in [4.78, 5) is 27.0. The van der Waals surface area contributed by atoms with E-state index in [0.717, 1.165) is 29.6 Å². The maximum absolute atomic E-state index is 12.8. The molecule has 0 bridgehead atoms. The number of para-hydroxylation sites is 2. The highest BCUT2D eigenvalue weighted by molar-refractivity contribution is 6.04. The van der Waals surface area contributed by atoms with Gasteiger partial charge in [0.05, 0.1) is 18.7 Å². The fraction of sp³-hybridized carbons (Fsp3) is 0.304. The monoisotopic (exact) mass is 391 g/mol. The summed E-state index contributed by atoms with van der Waals surface area (Å²) >= 11 is 0. The molecule has 1 atom stereocenters. The zero-order valence-corrected chi connectivity index (χ0v) is 16.7. The molecule has 2 amide bonds. The Morgan fingerprint density at radius 2 is 2.03 bits per heavy atom. The maximum atomic E-state index is 12.8. The molecule has 4 rings (SSSR count). The zero-order chi connectivity index (χ0) is 20.4. The average Bonchev–Trinajstić information content (AvgIpc) is 3.31. The summed E-state index contributed by atoms with van der Waals surface area (Å²) in [6.07, 6.45) is 3.33. The molecular formula is C23H25N3O3. The molecule has 0 radical (unpaired) electrons. The highest BCUT2D eigenvalue weighted by Crippen LogP contribution is 2.33. The second-order valence-corrected chi connectivity index (χ2v) is 7.35. The van der Waals surface area contributed by atoms with Crippen LogP contribution in [0.1, 0.15) is 19.8 Å². The van der Waals surface area contributed by atoms with Gasteiger partial charge in [-0.2, -0.15) is 0 Å². The first-order valence-corrected chi connectivity index (χ1v) is 9.94. The van der Waals surface area contributed by atoms with E-state index in [1.54, 1.807) is 12.0 Å². The fourth-order valence-corrected chi connectivity index (χ4v) is 3.93. The van der Waals surface area contributed by atoms with Crippen molar-refractivity contribution in [1.29, 1.82) is 0 Å². The smallest absolute Gasteiger partial charge is 0.229 e. The summed E-state index contributed by atoms with van der Waals surface area (Å²) in [5.74, 6) is 0.0292. The second kappa shape index (κ2) is 7.99. The Morgan fingerprint density at radius 3 is 2.83 bits per heavy atom. The van der Waals surface area contributed by atoms with Crippen molar-refractivity contribution in [3.05, 3.63) is 54.7 Å². The molecule has 2 heterocycles. The summed E-state index contributed by atoms with van der Waals surface area (Å²) in [5, 5.41) is 4.07. The van der Waals surface area contributed by atoms with Crippen molar-refractivity contribution in [2.24, 2.45) is 5.92 Å². The maximum Gasteiger partial charge on any atom is 0.229 e. The Hall–Kier alpha value is -3.28. The minimum Gasteiger partial charge on any atom is -0.495 e. The number of ether oxygens (including phenoxy) is 1. The number of amides is 2. The summed E-state index contributed by atoms with van der Waals surface area (Å²) < 4.78 is 7.57. The Labute approximate surface area is 170 Å². The van der Waals surface area contributed by atoms with Gasteiger partial charge in [0.15, 0.2) is 0 Å². The lowest BCUT2D eigenvalue weighted by Gasteiger charge is -2.19. The standard InChI is InChI=1S/C23H25N3O3/c1-3-11-25-12-10-16-13-18(8-9-19(16)25)24-23(28)17-14-22(27)26(15-17)20-6-4-5-7-21(20)29-2/h4-10,12-13,17H,3,11,14-15H2,1-2H3,(H,24,28). The number of carbonyl (C=O) groups is 2. The molecule has 6 heteroatoms. The Bertz CT molecular complexity index is 1060. The van der Waals surface area contributed by atoms with E-state index in [2.05, 4.69) is 29.1 Å². The number of carbonyl (C=O) groups excluding carboxylic acids is 2. The summed E-state index contributed by atoms with van der Waals surface area (Å²) in [6.45, 7) is 3.47. The minimum absolute atomic E-state index is 0.0678. The zero-order valence-electron chi connectivity index (χ0n) is 16.7. The van der Waals surface area contributed by atoms with Gasteiger partial charge in [-0.25, -0.2) is 0 Å². The molecule has 1 unspecified atom stereocenters. The number of methoxy groups -OCH3 is 1. The second-order valence-electron chi connectivity index (χ2n) is 7.35. The number of rotatable bonds is 6. The fourth-order valence-electron chi connectivity index (χ4n) is 3.93. The Morgan fingerprint density at radius 1 is 1.21 bits per heavy atom. The molecule has 1 fully saturated rings. The number of aromatic nitrogens is 1. The van der Waals surface area contributed by atoms with E-state index in [1.807, 2.05) is 42.5 Å². The van der Waals surface area contributed by atoms with E-state index in [9.17, 15) is 9.59 Å². The number of hydrogen-bond donors (Lipinski definition) is 1. The van der Waals surface area contributed by atoms with Gasteiger partial charge < -0.3 is 19.5 Å². The van der Waals surface area contributed by atoms with Crippen molar-refractivity contribution in [3.8, 4) is 5.75 Å². The lowest BCUT2D eigenvalue weighted by molar-refractivity contribution is -0.122. The summed E-state index contributed by atoms with van der Waals surface area (Å²) in [7, 11) is 1.58. The minimum atomic E-state index is -0.396. The molecule has 150 valence electrons. The van der Waals surface area contributed by atoms with Crippen molar-refractivity contribution in [1.82, 2.24) is 4.57 Å². The molecule has 3 aromatic rings. The molecule has 1 N–H and O–H groups in total. The van der Waals surface area contributed by atoms with Crippen molar-refractivity contribution in [3.63, 3.8) is 0 Å². The third-order valence-corrected chi connectivity index (χ3v) is 5.37. The molecule has 1 aliphatic rings. The van der Waals surface area contributed by atoms with E-state index in [0.29, 0.717) is 18.0 Å². The highest BCUT2D eigenvalue weighted by atomic mass is 16.5. The van der Waals surface area contributed by atoms with Crippen molar-refractivity contribution in [2.45, 2.75) is 26.3 Å². The van der Waals surface area contributed by atoms with Crippen LogP contribution in [0.2, 0.25) is 0 Å². The van der Waals surface area contributed by atoms with E-state index in [-0.39, 0.29) is 18.2 Å². The molecule has 1 aliphatic heterocycles. The molecule has 0 aliphatic carbocycles. The summed E-state index contributed by atoms with van der Waals surface area (Å²) in [5.41, 5.74) is 2.61. The predicted molar refractivity (Wildman–Crippen MR) is 114 cm³/mol. The Kier molecular flexibility index (Phi) is 5.25. The van der Waals surface area contributed by atoms with Crippen molar-refractivity contribution >= 4 is 34.1 Å². The summed E-state index contributed by atoms with van der Waals surface area (Å²) in [6, 6.07) is 15.4. The van der Waals surface area contributed by atoms with Crippen LogP contribution in [-0.4, -0.2) is 30.0 Å². The van der Waals surface area contributed by atoms with Gasteiger partial charge in [0, 0.05) is 42.3 Å². The van der Waals surface area contributed by atoms with E-state index in [4.69, 9.17) is 4.74 Å². The number of nitrogens with zero attached hydrogens (tertiary/aromatic N) is 2. The van der Waals surface area contributed by atoms with Gasteiger partial charge in [-0.15, -0.1) is 0 Å². The molecule has 0 saturated carbocycles. The highest BCUT2D eigenvalue weighted by Gasteiger charge is 2.36. The molecular weight excluding hydrogens is 366 g/mol. The molecule has 1 aromatic heterocycles.